The Morgan fingerprint density at radius 3 is 2.46 bits per heavy atom. The summed E-state index contributed by atoms with van der Waals surface area (Å²) in [5.74, 6) is 0.560. The van der Waals surface area contributed by atoms with Crippen LogP contribution in [0.15, 0.2) is 16.6 Å². The van der Waals surface area contributed by atoms with Crippen molar-refractivity contribution in [3.8, 4) is 5.75 Å². The number of rotatable bonds is 2. The summed E-state index contributed by atoms with van der Waals surface area (Å²) >= 11 is 16.1. The Morgan fingerprint density at radius 1 is 1.31 bits per heavy atom. The number of hydrogen-bond donors (Lipinski definition) is 0. The minimum Gasteiger partial charge on any atom is -0.420 e. The first kappa shape index (κ1) is 14.8. The fourth-order valence-electron chi connectivity index (χ4n) is 0.624. The molecular formula is C6H4BrCl2OPSTl. The van der Waals surface area contributed by atoms with E-state index in [0.717, 1.165) is 16.1 Å². The maximum atomic E-state index is 5.87. The molecular weight excluding hydrogens is 506 g/mol. The van der Waals surface area contributed by atoms with E-state index in [-0.39, 0.29) is 27.3 Å². The topological polar surface area (TPSA) is 9.23 Å². The Bertz CT molecular complexity index is 302. The van der Waals surface area contributed by atoms with Crippen molar-refractivity contribution in [2.75, 3.05) is 0 Å². The zero-order chi connectivity index (χ0) is 9.14. The molecule has 13 heavy (non-hydrogen) atoms. The molecule has 0 aliphatic heterocycles. The van der Waals surface area contributed by atoms with Crippen molar-refractivity contribution in [2.45, 2.75) is 0 Å². The van der Waals surface area contributed by atoms with Crippen molar-refractivity contribution in [2.24, 2.45) is 0 Å². The maximum absolute atomic E-state index is 5.87. The molecule has 0 spiro atoms. The zero-order valence-corrected chi connectivity index (χ0v) is 15.8. The van der Waals surface area contributed by atoms with Gasteiger partial charge in [-0.2, -0.15) is 0 Å². The molecule has 0 amide bonds. The van der Waals surface area contributed by atoms with Crippen LogP contribution in [-0.2, 0) is 0 Å². The fourth-order valence-corrected chi connectivity index (χ4v) is 2.03. The smallest absolute Gasteiger partial charge is 0.157 e. The van der Waals surface area contributed by atoms with Gasteiger partial charge in [-0.3, -0.25) is 0 Å². The van der Waals surface area contributed by atoms with Gasteiger partial charge >= 0.3 is 0 Å². The van der Waals surface area contributed by atoms with Gasteiger partial charge in [-0.1, -0.05) is 23.2 Å². The third-order valence-corrected chi connectivity index (χ3v) is 3.46. The molecule has 1 nitrogen and oxygen atoms in total. The summed E-state index contributed by atoms with van der Waals surface area (Å²) in [4.78, 5) is 0. The fraction of sp³-hybridized carbons (Fsp3) is 0. The van der Waals surface area contributed by atoms with Crippen LogP contribution in [0, 0.1) is 0 Å². The molecule has 0 bridgehead atoms. The van der Waals surface area contributed by atoms with E-state index in [1.807, 2.05) is 0 Å². The van der Waals surface area contributed by atoms with Gasteiger partial charge in [-0.05, 0) is 36.5 Å². The maximum Gasteiger partial charge on any atom is 0.157 e. The van der Waals surface area contributed by atoms with Crippen LogP contribution in [0.4, 0.5) is 0 Å². The first-order valence-corrected chi connectivity index (χ1v) is 6.60. The van der Waals surface area contributed by atoms with Crippen LogP contribution in [0.5, 0.6) is 5.75 Å². The number of halogens is 3. The first-order chi connectivity index (χ1) is 5.66. The average molecular weight is 510 g/mol. The molecule has 69 valence electrons. The van der Waals surface area contributed by atoms with E-state index in [2.05, 4.69) is 24.4 Å². The molecule has 1 rings (SSSR count). The molecule has 0 saturated heterocycles. The largest absolute Gasteiger partial charge is 0.420 e. The van der Waals surface area contributed by atoms with E-state index in [0.29, 0.717) is 15.8 Å². The first-order valence-electron chi connectivity index (χ1n) is 2.83. The molecule has 7 heteroatoms. The quantitative estimate of drug-likeness (QED) is 0.256. The Kier molecular flexibility index (Phi) is 8.10. The summed E-state index contributed by atoms with van der Waals surface area (Å²) in [5, 5.41) is 0.884. The molecule has 1 atom stereocenters. The average Bonchev–Trinajstić information content (AvgIpc) is 2.07. The molecule has 0 aliphatic carbocycles. The van der Waals surface area contributed by atoms with Gasteiger partial charge in [0, 0.05) is 31.8 Å². The summed E-state index contributed by atoms with van der Waals surface area (Å²) in [6, 6.07) is 3.53. The van der Waals surface area contributed by atoms with Gasteiger partial charge in [0.1, 0.15) is 5.02 Å². The predicted octanol–water partition coefficient (Wildman–Crippen LogP) is 4.19. The van der Waals surface area contributed by atoms with E-state index in [9.17, 15) is 0 Å². The van der Waals surface area contributed by atoms with Crippen LogP contribution in [0.2, 0.25) is 10.0 Å². The van der Waals surface area contributed by atoms with Crippen molar-refractivity contribution in [3.05, 3.63) is 26.7 Å². The molecule has 0 N–H and O–H groups in total. The van der Waals surface area contributed by atoms with Crippen LogP contribution < -0.4 is 4.18 Å². The summed E-state index contributed by atoms with van der Waals surface area (Å²) in [5.41, 5.74) is 0. The molecule has 0 aliphatic rings. The van der Waals surface area contributed by atoms with Crippen molar-refractivity contribution in [1.29, 1.82) is 0 Å². The normalized spacial score (nSPS) is 9.23. The summed E-state index contributed by atoms with van der Waals surface area (Å²) in [6.07, 6.45) is 0. The second-order valence-electron chi connectivity index (χ2n) is 1.85. The van der Waals surface area contributed by atoms with Crippen LogP contribution in [0.3, 0.4) is 0 Å². The Morgan fingerprint density at radius 2 is 1.92 bits per heavy atom. The molecule has 0 heterocycles. The van der Waals surface area contributed by atoms with Crippen LogP contribution >= 0.6 is 59.2 Å². The van der Waals surface area contributed by atoms with Gasteiger partial charge in [0.2, 0.25) is 0 Å². The van der Waals surface area contributed by atoms with Gasteiger partial charge in [0.15, 0.2) is 5.75 Å². The molecule has 0 aromatic heterocycles. The van der Waals surface area contributed by atoms with Gasteiger partial charge in [0.25, 0.3) is 0 Å². The predicted molar refractivity (Wildman–Crippen MR) is 67.8 cm³/mol. The van der Waals surface area contributed by atoms with Crippen molar-refractivity contribution >= 4 is 86.5 Å². The summed E-state index contributed by atoms with van der Waals surface area (Å²) in [7, 11) is 2.36. The number of benzene rings is 1. The van der Waals surface area contributed by atoms with E-state index in [1.54, 1.807) is 12.1 Å². The molecule has 0 fully saturated rings. The van der Waals surface area contributed by atoms with Crippen molar-refractivity contribution in [3.63, 3.8) is 0 Å². The van der Waals surface area contributed by atoms with Gasteiger partial charge < -0.3 is 4.18 Å². The molecule has 1 aromatic rings. The van der Waals surface area contributed by atoms with Gasteiger partial charge in [0.05, 0.1) is 16.7 Å². The number of hydrogen-bond acceptors (Lipinski definition) is 2. The standard InChI is InChI=1S/C6H4BrCl2OPS.Tl/c7-3-1-2-4(10-12-11)6(9)5(3)8;/h1-2H,11H2;. The molecule has 1 unspecified atom stereocenters. The second kappa shape index (κ2) is 7.12. The third-order valence-electron chi connectivity index (χ3n) is 1.14. The Labute approximate surface area is 122 Å². The summed E-state index contributed by atoms with van der Waals surface area (Å²) < 4.78 is 5.87. The van der Waals surface area contributed by atoms with Crippen molar-refractivity contribution < 1.29 is 4.18 Å². The second-order valence-corrected chi connectivity index (χ2v) is 4.40. The van der Waals surface area contributed by atoms with Gasteiger partial charge in [-0.15, -0.1) is 0 Å². The van der Waals surface area contributed by atoms with Crippen LogP contribution in [0.25, 0.3) is 0 Å². The minimum absolute atomic E-state index is 0. The molecule has 0 saturated carbocycles. The SMILES string of the molecule is PSOc1ccc(Br)c(Cl)c1Cl.[Tl]. The Hall–Kier alpha value is 1.78. The molecule has 1 aromatic carbocycles. The third kappa shape index (κ3) is 4.03. The van der Waals surface area contributed by atoms with E-state index >= 15 is 0 Å². The monoisotopic (exact) mass is 509 g/mol. The van der Waals surface area contributed by atoms with E-state index < -0.39 is 0 Å². The van der Waals surface area contributed by atoms with Crippen LogP contribution in [0.1, 0.15) is 0 Å². The minimum atomic E-state index is 0. The zero-order valence-electron chi connectivity index (χ0n) is 6.26. The Balaban J connectivity index is 0.00000144. The summed E-state index contributed by atoms with van der Waals surface area (Å²) in [6.45, 7) is 0. The van der Waals surface area contributed by atoms with Gasteiger partial charge in [-0.25, -0.2) is 0 Å². The van der Waals surface area contributed by atoms with Crippen molar-refractivity contribution in [1.82, 2.24) is 0 Å². The molecule has 1 radical (unpaired) electrons. The van der Waals surface area contributed by atoms with Crippen LogP contribution in [-0.4, -0.2) is 27.3 Å². The van der Waals surface area contributed by atoms with E-state index in [1.165, 1.54) is 0 Å². The van der Waals surface area contributed by atoms with E-state index in [4.69, 9.17) is 27.4 Å².